The summed E-state index contributed by atoms with van der Waals surface area (Å²) in [5.74, 6) is -1.69. The normalized spacial score (nSPS) is 16.9. The first-order valence-corrected chi connectivity index (χ1v) is 14.2. The fourth-order valence-corrected chi connectivity index (χ4v) is 5.80. The van der Waals surface area contributed by atoms with Crippen molar-refractivity contribution in [3.05, 3.63) is 95.6 Å². The van der Waals surface area contributed by atoms with Crippen LogP contribution in [0.3, 0.4) is 0 Å². The Morgan fingerprint density at radius 2 is 1.52 bits per heavy atom. The number of fused-ring (bicyclic) bond motifs is 3. The number of carbonyl (C=O) groups excluding carboxylic acids is 2. The molecule has 0 aromatic heterocycles. The van der Waals surface area contributed by atoms with Crippen molar-refractivity contribution in [3.63, 3.8) is 0 Å². The van der Waals surface area contributed by atoms with Crippen LogP contribution in [0.2, 0.25) is 0 Å². The number of alkyl carbamates (subject to hydrolysis) is 1. The van der Waals surface area contributed by atoms with Crippen molar-refractivity contribution in [1.29, 1.82) is 0 Å². The molecule has 1 saturated heterocycles. The van der Waals surface area contributed by atoms with Crippen LogP contribution in [0.1, 0.15) is 48.8 Å². The van der Waals surface area contributed by atoms with E-state index in [9.17, 15) is 19.5 Å². The molecular formula is C33H36N2O7. The second-order valence-corrected chi connectivity index (χ2v) is 10.9. The number of hydrogen-bond donors (Lipinski definition) is 3. The molecule has 220 valence electrons. The van der Waals surface area contributed by atoms with Crippen LogP contribution < -0.4 is 10.6 Å². The second-order valence-electron chi connectivity index (χ2n) is 10.9. The molecule has 9 nitrogen and oxygen atoms in total. The smallest absolute Gasteiger partial charge is 0.407 e. The predicted molar refractivity (Wildman–Crippen MR) is 156 cm³/mol. The van der Waals surface area contributed by atoms with E-state index in [-0.39, 0.29) is 25.6 Å². The lowest BCUT2D eigenvalue weighted by atomic mass is 9.86. The topological polar surface area (TPSA) is 123 Å². The third-order valence-electron chi connectivity index (χ3n) is 8.05. The summed E-state index contributed by atoms with van der Waals surface area (Å²) < 4.78 is 17.1. The molecule has 1 heterocycles. The van der Waals surface area contributed by atoms with E-state index in [2.05, 4.69) is 22.8 Å². The Bertz CT molecular complexity index is 1360. The van der Waals surface area contributed by atoms with Crippen molar-refractivity contribution in [2.45, 2.75) is 56.4 Å². The molecule has 0 radical (unpaired) electrons. The number of aliphatic carboxylic acids is 1. The summed E-state index contributed by atoms with van der Waals surface area (Å²) >= 11 is 0. The van der Waals surface area contributed by atoms with Crippen LogP contribution in [0, 0.1) is 0 Å². The number of carbonyl (C=O) groups is 3. The number of rotatable bonds is 11. The molecule has 5 rings (SSSR count). The zero-order valence-electron chi connectivity index (χ0n) is 23.6. The summed E-state index contributed by atoms with van der Waals surface area (Å²) in [4.78, 5) is 38.5. The first-order valence-electron chi connectivity index (χ1n) is 14.2. The van der Waals surface area contributed by atoms with Gasteiger partial charge in [-0.25, -0.2) is 4.79 Å². The fraction of sp³-hybridized carbons (Fsp3) is 0.364. The molecular weight excluding hydrogens is 536 g/mol. The highest BCUT2D eigenvalue weighted by atomic mass is 16.5. The van der Waals surface area contributed by atoms with Crippen molar-refractivity contribution < 1.29 is 33.7 Å². The van der Waals surface area contributed by atoms with Gasteiger partial charge in [-0.15, -0.1) is 0 Å². The molecule has 1 fully saturated rings. The molecule has 9 heteroatoms. The lowest BCUT2D eigenvalue weighted by molar-refractivity contribution is -0.141. The first kappa shape index (κ1) is 29.3. The van der Waals surface area contributed by atoms with Crippen LogP contribution in [0.4, 0.5) is 4.79 Å². The molecule has 3 aromatic carbocycles. The van der Waals surface area contributed by atoms with Crippen LogP contribution in [0.15, 0.2) is 78.9 Å². The maximum absolute atomic E-state index is 13.7. The molecule has 2 atom stereocenters. The molecule has 1 aliphatic heterocycles. The van der Waals surface area contributed by atoms with Crippen LogP contribution in [0.5, 0.6) is 0 Å². The Hall–Kier alpha value is -4.21. The fourth-order valence-electron chi connectivity index (χ4n) is 5.80. The van der Waals surface area contributed by atoms with Gasteiger partial charge in [-0.1, -0.05) is 78.9 Å². The van der Waals surface area contributed by atoms with Crippen molar-refractivity contribution >= 4 is 18.0 Å². The maximum atomic E-state index is 13.7. The Morgan fingerprint density at radius 1 is 0.929 bits per heavy atom. The highest BCUT2D eigenvalue weighted by molar-refractivity contribution is 5.87. The summed E-state index contributed by atoms with van der Waals surface area (Å²) in [6, 6.07) is 24.5. The first-order chi connectivity index (χ1) is 20.3. The van der Waals surface area contributed by atoms with E-state index in [1.165, 1.54) is 0 Å². The van der Waals surface area contributed by atoms with Crippen LogP contribution in [-0.2, 0) is 30.4 Å². The molecule has 0 bridgehead atoms. The van der Waals surface area contributed by atoms with E-state index in [4.69, 9.17) is 14.2 Å². The number of hydrogen-bond acceptors (Lipinski definition) is 6. The Labute approximate surface area is 245 Å². The lowest BCUT2D eigenvalue weighted by Crippen LogP contribution is -2.61. The number of carboxylic acids is 1. The van der Waals surface area contributed by atoms with Crippen LogP contribution in [-0.4, -0.2) is 60.6 Å². The van der Waals surface area contributed by atoms with E-state index >= 15 is 0 Å². The van der Waals surface area contributed by atoms with Gasteiger partial charge in [0.05, 0.1) is 24.7 Å². The van der Waals surface area contributed by atoms with E-state index in [1.807, 2.05) is 66.7 Å². The van der Waals surface area contributed by atoms with Crippen molar-refractivity contribution in [1.82, 2.24) is 10.6 Å². The molecule has 1 aliphatic carbocycles. The highest BCUT2D eigenvalue weighted by Gasteiger charge is 2.40. The minimum absolute atomic E-state index is 0.0910. The molecule has 0 saturated carbocycles. The van der Waals surface area contributed by atoms with Gasteiger partial charge in [0.15, 0.2) is 0 Å². The number of ether oxygens (including phenoxy) is 3. The molecule has 2 aliphatic rings. The highest BCUT2D eigenvalue weighted by Crippen LogP contribution is 2.44. The predicted octanol–water partition coefficient (Wildman–Crippen LogP) is 4.64. The van der Waals surface area contributed by atoms with E-state index < -0.39 is 35.7 Å². The number of nitrogens with one attached hydrogen (secondary N) is 2. The minimum Gasteiger partial charge on any atom is -0.481 e. The van der Waals surface area contributed by atoms with Gasteiger partial charge in [0, 0.05) is 19.1 Å². The van der Waals surface area contributed by atoms with E-state index in [0.29, 0.717) is 26.1 Å². The van der Waals surface area contributed by atoms with Gasteiger partial charge in [-0.05, 0) is 47.6 Å². The van der Waals surface area contributed by atoms with Crippen molar-refractivity contribution in [2.24, 2.45) is 0 Å². The average molecular weight is 573 g/mol. The largest absolute Gasteiger partial charge is 0.481 e. The van der Waals surface area contributed by atoms with Gasteiger partial charge in [0.2, 0.25) is 5.91 Å². The van der Waals surface area contributed by atoms with E-state index in [0.717, 1.165) is 27.8 Å². The quantitative estimate of drug-likeness (QED) is 0.306. The third kappa shape index (κ3) is 6.80. The number of benzene rings is 3. The molecule has 0 spiro atoms. The standard InChI is InChI=1S/C33H36N2O7/c1-22(41-20-23-9-3-2-4-10-23)30(31(38)35-33(19-29(36)37)15-17-40-18-16-33)34-32(39)42-21-28-26-13-7-5-11-24(26)25-12-6-8-14-27(25)28/h2-14,22,28,30H,15-21H2,1H3,(H,34,39)(H,35,38)(H,36,37)/t22-,30+/m0/s1. The zero-order chi connectivity index (χ0) is 29.5. The second kappa shape index (κ2) is 13.2. The SMILES string of the molecule is C[C@H](OCc1ccccc1)[C@@H](NC(=O)OCC1c2ccccc2-c2ccccc21)C(=O)NC1(CC(=O)O)CCOCC1. The number of carboxylic acid groups (broad SMARTS) is 1. The van der Waals surface area contributed by atoms with Crippen LogP contribution in [0.25, 0.3) is 11.1 Å². The van der Waals surface area contributed by atoms with Gasteiger partial charge in [0.1, 0.15) is 12.6 Å². The average Bonchev–Trinajstić information content (AvgIpc) is 3.31. The maximum Gasteiger partial charge on any atom is 0.407 e. The molecule has 42 heavy (non-hydrogen) atoms. The minimum atomic E-state index is -1.13. The summed E-state index contributed by atoms with van der Waals surface area (Å²) in [5, 5.41) is 15.2. The van der Waals surface area contributed by atoms with Crippen molar-refractivity contribution in [2.75, 3.05) is 19.8 Å². The lowest BCUT2D eigenvalue weighted by Gasteiger charge is -2.38. The summed E-state index contributed by atoms with van der Waals surface area (Å²) in [5.41, 5.74) is 4.31. The van der Waals surface area contributed by atoms with Gasteiger partial charge >= 0.3 is 12.1 Å². The van der Waals surface area contributed by atoms with Crippen LogP contribution >= 0.6 is 0 Å². The van der Waals surface area contributed by atoms with Gasteiger partial charge < -0.3 is 30.0 Å². The Kier molecular flexibility index (Phi) is 9.19. The Balaban J connectivity index is 1.30. The summed E-state index contributed by atoms with van der Waals surface area (Å²) in [6.45, 7) is 2.68. The molecule has 3 aromatic rings. The molecule has 3 N–H and O–H groups in total. The summed E-state index contributed by atoms with van der Waals surface area (Å²) in [6.07, 6.45) is -1.05. The van der Waals surface area contributed by atoms with Crippen molar-refractivity contribution in [3.8, 4) is 11.1 Å². The van der Waals surface area contributed by atoms with E-state index in [1.54, 1.807) is 6.92 Å². The zero-order valence-corrected chi connectivity index (χ0v) is 23.6. The molecule has 0 unspecified atom stereocenters. The monoisotopic (exact) mass is 572 g/mol. The Morgan fingerprint density at radius 3 is 2.14 bits per heavy atom. The summed E-state index contributed by atoms with van der Waals surface area (Å²) in [7, 11) is 0. The van der Waals surface area contributed by atoms with Gasteiger partial charge in [0.25, 0.3) is 0 Å². The number of amides is 2. The third-order valence-corrected chi connectivity index (χ3v) is 8.05. The van der Waals surface area contributed by atoms with Gasteiger partial charge in [-0.2, -0.15) is 0 Å². The van der Waals surface area contributed by atoms with Gasteiger partial charge in [-0.3, -0.25) is 9.59 Å². The molecule has 2 amide bonds.